The van der Waals surface area contributed by atoms with Crippen molar-refractivity contribution in [2.45, 2.75) is 0 Å². The summed E-state index contributed by atoms with van der Waals surface area (Å²) in [6, 6.07) is 7.53. The second kappa shape index (κ2) is 6.57. The first-order valence-corrected chi connectivity index (χ1v) is 6.41. The molecule has 122 valence electrons. The molecule has 2 aromatic rings. The molecule has 0 unspecified atom stereocenters. The Hall–Kier alpha value is -3.75. The number of carboxylic acids is 2. The number of anilines is 1. The van der Waals surface area contributed by atoms with Gasteiger partial charge in [-0.3, -0.25) is 14.9 Å². The van der Waals surface area contributed by atoms with Gasteiger partial charge < -0.3 is 25.1 Å². The number of hydrogen-bond donors (Lipinski definition) is 1. The van der Waals surface area contributed by atoms with E-state index in [0.29, 0.717) is 0 Å². The molecule has 0 bridgehead atoms. The number of amides is 1. The molecule has 0 saturated heterocycles. The maximum Gasteiger partial charge on any atom is 0.269 e. The van der Waals surface area contributed by atoms with Crippen LogP contribution in [0.25, 0.3) is 0 Å². The quantitative estimate of drug-likeness (QED) is 0.577. The van der Waals surface area contributed by atoms with Crippen molar-refractivity contribution in [1.29, 1.82) is 0 Å². The van der Waals surface area contributed by atoms with Crippen molar-refractivity contribution in [3.8, 4) is 0 Å². The number of rotatable bonds is 5. The Labute approximate surface area is 134 Å². The van der Waals surface area contributed by atoms with Gasteiger partial charge in [-0.05, 0) is 41.5 Å². The zero-order valence-electron chi connectivity index (χ0n) is 11.8. The van der Waals surface area contributed by atoms with Crippen LogP contribution in [0.2, 0.25) is 0 Å². The number of carbonyl (C=O) groups excluding carboxylic acids is 3. The molecule has 0 aromatic heterocycles. The number of hydrogen-bond acceptors (Lipinski definition) is 7. The first kappa shape index (κ1) is 16.6. The second-order valence-electron chi connectivity index (χ2n) is 4.63. The van der Waals surface area contributed by atoms with E-state index in [1.54, 1.807) is 0 Å². The van der Waals surface area contributed by atoms with E-state index >= 15 is 0 Å². The van der Waals surface area contributed by atoms with Crippen molar-refractivity contribution >= 4 is 29.2 Å². The lowest BCUT2D eigenvalue weighted by Gasteiger charge is -2.12. The van der Waals surface area contributed by atoms with Crippen LogP contribution >= 0.6 is 0 Å². The summed E-state index contributed by atoms with van der Waals surface area (Å²) in [4.78, 5) is 43.7. The van der Waals surface area contributed by atoms with Crippen LogP contribution in [0.3, 0.4) is 0 Å². The lowest BCUT2D eigenvalue weighted by atomic mass is 10.1. The van der Waals surface area contributed by atoms with Crippen LogP contribution in [0.5, 0.6) is 0 Å². The van der Waals surface area contributed by atoms with E-state index in [0.717, 1.165) is 30.3 Å². The van der Waals surface area contributed by atoms with Gasteiger partial charge in [0, 0.05) is 23.4 Å². The normalized spacial score (nSPS) is 10.0. The Morgan fingerprint density at radius 3 is 1.75 bits per heavy atom. The van der Waals surface area contributed by atoms with E-state index in [9.17, 15) is 34.7 Å². The highest BCUT2D eigenvalue weighted by atomic mass is 16.6. The summed E-state index contributed by atoms with van der Waals surface area (Å²) < 4.78 is 0. The first-order chi connectivity index (χ1) is 11.3. The topological polar surface area (TPSA) is 152 Å². The smallest absolute Gasteiger partial charge is 0.269 e. The summed E-state index contributed by atoms with van der Waals surface area (Å²) in [7, 11) is 0. The number of non-ortho nitro benzene ring substituents is 1. The highest BCUT2D eigenvalue weighted by molar-refractivity contribution is 6.05. The summed E-state index contributed by atoms with van der Waals surface area (Å²) in [6.07, 6.45) is 0. The minimum Gasteiger partial charge on any atom is -0.545 e. The zero-order valence-corrected chi connectivity index (χ0v) is 11.8. The Morgan fingerprint density at radius 2 is 1.33 bits per heavy atom. The Bertz CT molecular complexity index is 811. The fourth-order valence-corrected chi connectivity index (χ4v) is 1.87. The number of carbonyl (C=O) groups is 3. The van der Waals surface area contributed by atoms with Crippen LogP contribution in [0.4, 0.5) is 11.4 Å². The molecule has 2 aromatic carbocycles. The molecule has 9 nitrogen and oxygen atoms in total. The lowest BCUT2D eigenvalue weighted by Crippen LogP contribution is -2.26. The third kappa shape index (κ3) is 3.71. The molecule has 0 aliphatic carbocycles. The van der Waals surface area contributed by atoms with E-state index in [-0.39, 0.29) is 16.9 Å². The summed E-state index contributed by atoms with van der Waals surface area (Å²) in [5.74, 6) is -3.95. The van der Waals surface area contributed by atoms with Crippen molar-refractivity contribution in [2.24, 2.45) is 0 Å². The van der Waals surface area contributed by atoms with Crippen LogP contribution in [0, 0.1) is 10.1 Å². The van der Waals surface area contributed by atoms with Gasteiger partial charge in [0.1, 0.15) is 0 Å². The molecule has 0 heterocycles. The number of nitro benzene ring substituents is 1. The fourth-order valence-electron chi connectivity index (χ4n) is 1.87. The van der Waals surface area contributed by atoms with Crippen molar-refractivity contribution < 1.29 is 29.5 Å². The molecule has 24 heavy (non-hydrogen) atoms. The molecule has 0 spiro atoms. The predicted octanol–water partition coefficient (Wildman–Crippen LogP) is -0.426. The second-order valence-corrected chi connectivity index (χ2v) is 4.63. The highest BCUT2D eigenvalue weighted by Crippen LogP contribution is 2.17. The molecule has 1 N–H and O–H groups in total. The third-order valence-corrected chi connectivity index (χ3v) is 3.00. The summed E-state index contributed by atoms with van der Waals surface area (Å²) in [5, 5.41) is 34.6. The molecule has 1 amide bonds. The number of nitrogens with one attached hydrogen (secondary N) is 1. The molecule has 0 saturated carbocycles. The number of nitro groups is 1. The first-order valence-electron chi connectivity index (χ1n) is 6.41. The molecule has 0 fully saturated rings. The van der Waals surface area contributed by atoms with Crippen molar-refractivity contribution in [3.05, 3.63) is 69.3 Å². The third-order valence-electron chi connectivity index (χ3n) is 3.00. The average molecular weight is 328 g/mol. The molecule has 0 aliphatic rings. The molecule has 2 rings (SSSR count). The van der Waals surface area contributed by atoms with Gasteiger partial charge in [0.15, 0.2) is 0 Å². The summed E-state index contributed by atoms with van der Waals surface area (Å²) in [5.41, 5.74) is -1.13. The lowest BCUT2D eigenvalue weighted by molar-refractivity contribution is -0.384. The van der Waals surface area contributed by atoms with Gasteiger partial charge in [0.2, 0.25) is 0 Å². The Balaban J connectivity index is 2.29. The number of carboxylic acid groups (broad SMARTS) is 2. The van der Waals surface area contributed by atoms with Gasteiger partial charge in [0.05, 0.1) is 16.9 Å². The number of benzene rings is 2. The zero-order chi connectivity index (χ0) is 17.9. The number of aromatic carboxylic acids is 2. The minimum absolute atomic E-state index is 0.0643. The monoisotopic (exact) mass is 328 g/mol. The Kier molecular flexibility index (Phi) is 4.55. The van der Waals surface area contributed by atoms with Gasteiger partial charge >= 0.3 is 0 Å². The van der Waals surface area contributed by atoms with Crippen molar-refractivity contribution in [3.63, 3.8) is 0 Å². The summed E-state index contributed by atoms with van der Waals surface area (Å²) in [6.45, 7) is 0. The molecule has 0 aliphatic heterocycles. The SMILES string of the molecule is O=C([O-])c1cc(NC(=O)c2ccc([N+](=O)[O-])cc2)cc(C(=O)[O-])c1. The van der Waals surface area contributed by atoms with E-state index in [4.69, 9.17) is 0 Å². The van der Waals surface area contributed by atoms with Crippen LogP contribution in [-0.4, -0.2) is 22.8 Å². The van der Waals surface area contributed by atoms with Gasteiger partial charge in [-0.25, -0.2) is 0 Å². The van der Waals surface area contributed by atoms with Crippen LogP contribution in [0.15, 0.2) is 42.5 Å². The van der Waals surface area contributed by atoms with Gasteiger partial charge in [0.25, 0.3) is 11.6 Å². The van der Waals surface area contributed by atoms with E-state index in [1.165, 1.54) is 12.1 Å². The Morgan fingerprint density at radius 1 is 0.833 bits per heavy atom. The molecule has 0 atom stereocenters. The molecular formula is C15H8N2O7-2. The van der Waals surface area contributed by atoms with Crippen LogP contribution < -0.4 is 15.5 Å². The number of nitrogens with zero attached hydrogens (tertiary/aromatic N) is 1. The largest absolute Gasteiger partial charge is 0.545 e. The summed E-state index contributed by atoms with van der Waals surface area (Å²) >= 11 is 0. The maximum atomic E-state index is 12.1. The predicted molar refractivity (Wildman–Crippen MR) is 76.2 cm³/mol. The maximum absolute atomic E-state index is 12.1. The fraction of sp³-hybridized carbons (Fsp3) is 0. The van der Waals surface area contributed by atoms with E-state index in [2.05, 4.69) is 5.32 Å². The van der Waals surface area contributed by atoms with Crippen molar-refractivity contribution in [2.75, 3.05) is 5.32 Å². The van der Waals surface area contributed by atoms with E-state index in [1.807, 2.05) is 0 Å². The van der Waals surface area contributed by atoms with Crippen LogP contribution in [0.1, 0.15) is 31.1 Å². The van der Waals surface area contributed by atoms with Gasteiger partial charge in [-0.15, -0.1) is 0 Å². The minimum atomic E-state index is -1.62. The van der Waals surface area contributed by atoms with Crippen LogP contribution in [-0.2, 0) is 0 Å². The van der Waals surface area contributed by atoms with Gasteiger partial charge in [-0.2, -0.15) is 0 Å². The van der Waals surface area contributed by atoms with E-state index < -0.39 is 33.9 Å². The molecule has 0 radical (unpaired) electrons. The van der Waals surface area contributed by atoms with Gasteiger partial charge in [-0.1, -0.05) is 0 Å². The molecule has 9 heteroatoms. The van der Waals surface area contributed by atoms with Crippen molar-refractivity contribution in [1.82, 2.24) is 0 Å². The molecular weight excluding hydrogens is 320 g/mol. The standard InChI is InChI=1S/C15H10N2O7/c18-13(8-1-3-12(4-2-8)17(23)24)16-11-6-9(14(19)20)5-10(7-11)15(21)22/h1-7H,(H,16,18)(H,19,20)(H,21,22)/p-2. The highest BCUT2D eigenvalue weighted by Gasteiger charge is 2.11. The average Bonchev–Trinajstić information content (AvgIpc) is 2.54.